The van der Waals surface area contributed by atoms with Crippen molar-refractivity contribution in [2.75, 3.05) is 42.4 Å². The third-order valence-corrected chi connectivity index (χ3v) is 7.91. The molecular weight excluding hydrogens is 521 g/mol. The van der Waals surface area contributed by atoms with Crippen LogP contribution in [0.5, 0.6) is 5.75 Å². The molecule has 7 nitrogen and oxygen atoms in total. The van der Waals surface area contributed by atoms with Crippen molar-refractivity contribution in [1.29, 1.82) is 0 Å². The van der Waals surface area contributed by atoms with Gasteiger partial charge in [0.1, 0.15) is 5.75 Å². The molecular formula is C26H27Cl2N3O4S. The Balaban J connectivity index is 1.32. The van der Waals surface area contributed by atoms with E-state index in [4.69, 9.17) is 27.9 Å². The second-order valence-electron chi connectivity index (χ2n) is 8.63. The van der Waals surface area contributed by atoms with Gasteiger partial charge in [-0.05, 0) is 79.6 Å². The first-order valence-corrected chi connectivity index (χ1v) is 13.7. The summed E-state index contributed by atoms with van der Waals surface area (Å²) in [6.07, 6.45) is 0. The van der Waals surface area contributed by atoms with E-state index >= 15 is 0 Å². The number of nitrogens with one attached hydrogen (secondary N) is 1. The molecule has 1 amide bonds. The Hall–Kier alpha value is -2.94. The number of carbonyl (C=O) groups is 1. The van der Waals surface area contributed by atoms with Gasteiger partial charge in [0, 0.05) is 47.6 Å². The molecule has 0 aromatic heterocycles. The second-order valence-corrected chi connectivity index (χ2v) is 11.2. The van der Waals surface area contributed by atoms with E-state index in [1.807, 2.05) is 25.1 Å². The minimum Gasteiger partial charge on any atom is -0.483 e. The highest BCUT2D eigenvalue weighted by atomic mass is 35.5. The van der Waals surface area contributed by atoms with E-state index < -0.39 is 10.0 Å². The number of anilines is 2. The van der Waals surface area contributed by atoms with Gasteiger partial charge in [-0.25, -0.2) is 8.42 Å². The van der Waals surface area contributed by atoms with E-state index in [0.29, 0.717) is 53.2 Å². The van der Waals surface area contributed by atoms with Crippen LogP contribution in [-0.2, 0) is 14.8 Å². The van der Waals surface area contributed by atoms with Crippen molar-refractivity contribution in [1.82, 2.24) is 4.90 Å². The van der Waals surface area contributed by atoms with Gasteiger partial charge in [-0.15, -0.1) is 0 Å². The number of piperazine rings is 1. The number of nitrogens with zero attached hydrogens (tertiary/aromatic N) is 2. The summed E-state index contributed by atoms with van der Waals surface area (Å²) in [5.74, 6) is 0.347. The van der Waals surface area contributed by atoms with Gasteiger partial charge in [0.2, 0.25) is 0 Å². The SMILES string of the molecule is Cc1cc(S(=O)(=O)Nc2ccc(Cl)cc2)ccc1OCC(=O)N1CCN(c2cc(Cl)ccc2C)CC1. The first-order chi connectivity index (χ1) is 17.1. The molecule has 0 aliphatic carbocycles. The first kappa shape index (κ1) is 26.1. The maximum atomic E-state index is 12.7. The van der Waals surface area contributed by atoms with E-state index in [9.17, 15) is 13.2 Å². The van der Waals surface area contributed by atoms with E-state index in [1.165, 1.54) is 12.1 Å². The Morgan fingerprint density at radius 1 is 0.889 bits per heavy atom. The Kier molecular flexibility index (Phi) is 7.97. The van der Waals surface area contributed by atoms with Crippen LogP contribution in [0.3, 0.4) is 0 Å². The van der Waals surface area contributed by atoms with E-state index in [1.54, 1.807) is 42.2 Å². The zero-order valence-corrected chi connectivity index (χ0v) is 22.3. The molecule has 0 saturated carbocycles. The summed E-state index contributed by atoms with van der Waals surface area (Å²) in [7, 11) is -3.78. The van der Waals surface area contributed by atoms with Crippen molar-refractivity contribution < 1.29 is 17.9 Å². The van der Waals surface area contributed by atoms with Gasteiger partial charge in [0.05, 0.1) is 4.90 Å². The van der Waals surface area contributed by atoms with Crippen molar-refractivity contribution in [2.24, 2.45) is 0 Å². The smallest absolute Gasteiger partial charge is 0.261 e. The lowest BCUT2D eigenvalue weighted by molar-refractivity contribution is -0.133. The quantitative estimate of drug-likeness (QED) is 0.443. The highest BCUT2D eigenvalue weighted by Crippen LogP contribution is 2.26. The highest BCUT2D eigenvalue weighted by Gasteiger charge is 2.23. The van der Waals surface area contributed by atoms with Gasteiger partial charge in [0.25, 0.3) is 15.9 Å². The lowest BCUT2D eigenvalue weighted by Crippen LogP contribution is -2.50. The van der Waals surface area contributed by atoms with Crippen LogP contribution in [0.1, 0.15) is 11.1 Å². The third kappa shape index (κ3) is 6.24. The minimum atomic E-state index is -3.78. The number of halogens is 2. The molecule has 36 heavy (non-hydrogen) atoms. The van der Waals surface area contributed by atoms with Crippen molar-refractivity contribution in [3.05, 3.63) is 81.8 Å². The molecule has 0 atom stereocenters. The number of aryl methyl sites for hydroxylation is 2. The first-order valence-electron chi connectivity index (χ1n) is 11.4. The van der Waals surface area contributed by atoms with Gasteiger partial charge in [-0.2, -0.15) is 0 Å². The van der Waals surface area contributed by atoms with Crippen LogP contribution in [0.2, 0.25) is 10.0 Å². The molecule has 10 heteroatoms. The van der Waals surface area contributed by atoms with Crippen molar-refractivity contribution in [2.45, 2.75) is 18.7 Å². The molecule has 3 aromatic rings. The molecule has 1 aliphatic rings. The molecule has 0 bridgehead atoms. The standard InChI is InChI=1S/C26H27Cl2N3O4S/c1-18-3-4-21(28)16-24(18)30-11-13-31(14-12-30)26(32)17-35-25-10-9-23(15-19(25)2)36(33,34)29-22-7-5-20(27)6-8-22/h3-10,15-16,29H,11-14,17H2,1-2H3. The number of carbonyl (C=O) groups excluding carboxylic acids is 1. The van der Waals surface area contributed by atoms with Crippen LogP contribution >= 0.6 is 23.2 Å². The van der Waals surface area contributed by atoms with Crippen molar-refractivity contribution in [3.63, 3.8) is 0 Å². The molecule has 1 fully saturated rings. The summed E-state index contributed by atoms with van der Waals surface area (Å²) in [5.41, 5.74) is 3.26. The van der Waals surface area contributed by atoms with Gasteiger partial charge in [-0.3, -0.25) is 9.52 Å². The van der Waals surface area contributed by atoms with E-state index in [0.717, 1.165) is 11.3 Å². The molecule has 1 N–H and O–H groups in total. The Morgan fingerprint density at radius 3 is 2.22 bits per heavy atom. The number of amides is 1. The Bertz CT molecular complexity index is 1360. The number of rotatable bonds is 7. The average molecular weight is 548 g/mol. The fourth-order valence-electron chi connectivity index (χ4n) is 4.03. The largest absolute Gasteiger partial charge is 0.483 e. The molecule has 190 valence electrons. The van der Waals surface area contributed by atoms with Crippen molar-refractivity contribution >= 4 is 50.5 Å². The minimum absolute atomic E-state index is 0.0982. The summed E-state index contributed by atoms with van der Waals surface area (Å²) in [6.45, 7) is 6.25. The molecule has 0 radical (unpaired) electrons. The van der Waals surface area contributed by atoms with Crippen LogP contribution in [0, 0.1) is 13.8 Å². The van der Waals surface area contributed by atoms with Gasteiger partial charge in [0.15, 0.2) is 6.61 Å². The summed E-state index contributed by atoms with van der Waals surface area (Å²) in [4.78, 5) is 16.9. The third-order valence-electron chi connectivity index (χ3n) is 6.05. The van der Waals surface area contributed by atoms with E-state index in [2.05, 4.69) is 9.62 Å². The molecule has 1 saturated heterocycles. The van der Waals surface area contributed by atoms with Crippen LogP contribution in [0.15, 0.2) is 65.6 Å². The van der Waals surface area contributed by atoms with Gasteiger partial charge >= 0.3 is 0 Å². The van der Waals surface area contributed by atoms with Crippen LogP contribution in [0.25, 0.3) is 0 Å². The monoisotopic (exact) mass is 547 g/mol. The molecule has 4 rings (SSSR count). The average Bonchev–Trinajstić information content (AvgIpc) is 2.86. The Labute approximate surface area is 221 Å². The van der Waals surface area contributed by atoms with E-state index in [-0.39, 0.29) is 17.4 Å². The predicted molar refractivity (Wildman–Crippen MR) is 144 cm³/mol. The summed E-state index contributed by atoms with van der Waals surface area (Å²) in [5, 5.41) is 1.21. The lowest BCUT2D eigenvalue weighted by Gasteiger charge is -2.36. The second kappa shape index (κ2) is 11.0. The molecule has 3 aromatic carbocycles. The molecule has 1 heterocycles. The highest BCUT2D eigenvalue weighted by molar-refractivity contribution is 7.92. The normalized spacial score (nSPS) is 14.0. The zero-order chi connectivity index (χ0) is 25.9. The summed E-state index contributed by atoms with van der Waals surface area (Å²) in [6, 6.07) is 16.8. The summed E-state index contributed by atoms with van der Waals surface area (Å²) < 4.78 is 33.7. The molecule has 1 aliphatic heterocycles. The van der Waals surface area contributed by atoms with Crippen molar-refractivity contribution in [3.8, 4) is 5.75 Å². The number of ether oxygens (including phenoxy) is 1. The fourth-order valence-corrected chi connectivity index (χ4v) is 5.47. The van der Waals surface area contributed by atoms with Gasteiger partial charge < -0.3 is 14.5 Å². The predicted octanol–water partition coefficient (Wildman–Crippen LogP) is 5.14. The number of hydrogen-bond donors (Lipinski definition) is 1. The van der Waals surface area contributed by atoms with Crippen LogP contribution in [-0.4, -0.2) is 52.0 Å². The lowest BCUT2D eigenvalue weighted by atomic mass is 10.1. The van der Waals surface area contributed by atoms with Crippen LogP contribution < -0.4 is 14.4 Å². The zero-order valence-electron chi connectivity index (χ0n) is 20.0. The number of benzene rings is 3. The fraction of sp³-hybridized carbons (Fsp3) is 0.269. The van der Waals surface area contributed by atoms with Crippen LogP contribution in [0.4, 0.5) is 11.4 Å². The molecule has 0 unspecified atom stereocenters. The topological polar surface area (TPSA) is 78.9 Å². The maximum absolute atomic E-state index is 12.7. The summed E-state index contributed by atoms with van der Waals surface area (Å²) >= 11 is 12.0. The maximum Gasteiger partial charge on any atom is 0.261 e. The Morgan fingerprint density at radius 2 is 1.56 bits per heavy atom. The number of hydrogen-bond acceptors (Lipinski definition) is 5. The molecule has 0 spiro atoms. The van der Waals surface area contributed by atoms with Gasteiger partial charge in [-0.1, -0.05) is 29.3 Å². The number of sulfonamides is 1.